The second kappa shape index (κ2) is 6.19. The van der Waals surface area contributed by atoms with Crippen molar-refractivity contribution in [1.82, 2.24) is 9.62 Å². The summed E-state index contributed by atoms with van der Waals surface area (Å²) in [6.45, 7) is 6.93. The molecule has 96 valence electrons. The van der Waals surface area contributed by atoms with E-state index < -0.39 is 10.0 Å². The number of hydrogen-bond donors (Lipinski definition) is 1. The number of nitrogens with zero attached hydrogens (tertiary/aromatic N) is 1. The SMILES string of the molecule is CC(C)N1CCC(CNS(=O)(=O)CCCl)C1. The Labute approximate surface area is 103 Å². The lowest BCUT2D eigenvalue weighted by Crippen LogP contribution is -2.34. The average molecular weight is 269 g/mol. The smallest absolute Gasteiger partial charge is 0.212 e. The predicted molar refractivity (Wildman–Crippen MR) is 67.3 cm³/mol. The van der Waals surface area contributed by atoms with Gasteiger partial charge in [-0.05, 0) is 32.7 Å². The third-order valence-electron chi connectivity index (χ3n) is 2.99. The average Bonchev–Trinajstić information content (AvgIpc) is 2.63. The van der Waals surface area contributed by atoms with Crippen LogP contribution in [-0.2, 0) is 10.0 Å². The van der Waals surface area contributed by atoms with E-state index in [-0.39, 0.29) is 11.6 Å². The molecule has 1 unspecified atom stereocenters. The molecule has 0 aliphatic carbocycles. The highest BCUT2D eigenvalue weighted by atomic mass is 35.5. The van der Waals surface area contributed by atoms with E-state index in [1.54, 1.807) is 0 Å². The van der Waals surface area contributed by atoms with Crippen LogP contribution in [0.25, 0.3) is 0 Å². The van der Waals surface area contributed by atoms with Crippen LogP contribution in [-0.4, -0.2) is 50.6 Å². The largest absolute Gasteiger partial charge is 0.301 e. The van der Waals surface area contributed by atoms with Crippen LogP contribution in [0.2, 0.25) is 0 Å². The van der Waals surface area contributed by atoms with Gasteiger partial charge in [-0.1, -0.05) is 0 Å². The molecule has 16 heavy (non-hydrogen) atoms. The molecule has 1 aliphatic heterocycles. The van der Waals surface area contributed by atoms with E-state index in [9.17, 15) is 8.42 Å². The Kier molecular flexibility index (Phi) is 5.50. The third-order valence-corrected chi connectivity index (χ3v) is 4.75. The van der Waals surface area contributed by atoms with Gasteiger partial charge in [0, 0.05) is 25.0 Å². The Hall–Kier alpha value is 0.160. The van der Waals surface area contributed by atoms with Gasteiger partial charge in [0.2, 0.25) is 10.0 Å². The number of nitrogens with one attached hydrogen (secondary N) is 1. The minimum atomic E-state index is -3.16. The fourth-order valence-electron chi connectivity index (χ4n) is 1.92. The van der Waals surface area contributed by atoms with E-state index in [0.717, 1.165) is 19.5 Å². The molecule has 0 saturated carbocycles. The van der Waals surface area contributed by atoms with Crippen molar-refractivity contribution in [2.75, 3.05) is 31.3 Å². The molecule has 0 radical (unpaired) electrons. The van der Waals surface area contributed by atoms with Crippen LogP contribution < -0.4 is 4.72 Å². The number of sulfonamides is 1. The highest BCUT2D eigenvalue weighted by molar-refractivity contribution is 7.89. The fraction of sp³-hybridized carbons (Fsp3) is 1.00. The van der Waals surface area contributed by atoms with Crippen molar-refractivity contribution in [2.24, 2.45) is 5.92 Å². The lowest BCUT2D eigenvalue weighted by molar-refractivity contribution is 0.265. The van der Waals surface area contributed by atoms with Gasteiger partial charge in [-0.3, -0.25) is 0 Å². The van der Waals surface area contributed by atoms with Gasteiger partial charge in [0.1, 0.15) is 0 Å². The van der Waals surface area contributed by atoms with Gasteiger partial charge in [-0.2, -0.15) is 0 Å². The van der Waals surface area contributed by atoms with E-state index >= 15 is 0 Å². The van der Waals surface area contributed by atoms with Crippen molar-refractivity contribution >= 4 is 21.6 Å². The summed E-state index contributed by atoms with van der Waals surface area (Å²) in [7, 11) is -3.16. The van der Waals surface area contributed by atoms with Gasteiger partial charge in [0.15, 0.2) is 0 Å². The molecule has 1 aliphatic rings. The van der Waals surface area contributed by atoms with Crippen molar-refractivity contribution in [3.05, 3.63) is 0 Å². The predicted octanol–water partition coefficient (Wildman–Crippen LogP) is 0.875. The highest BCUT2D eigenvalue weighted by Crippen LogP contribution is 2.17. The zero-order valence-electron chi connectivity index (χ0n) is 9.95. The Morgan fingerprint density at radius 2 is 2.19 bits per heavy atom. The number of alkyl halides is 1. The Balaban J connectivity index is 2.30. The van der Waals surface area contributed by atoms with E-state index in [2.05, 4.69) is 23.5 Å². The van der Waals surface area contributed by atoms with Crippen molar-refractivity contribution in [1.29, 1.82) is 0 Å². The summed E-state index contributed by atoms with van der Waals surface area (Å²) in [4.78, 5) is 2.38. The van der Waals surface area contributed by atoms with Crippen molar-refractivity contribution in [3.63, 3.8) is 0 Å². The summed E-state index contributed by atoms with van der Waals surface area (Å²) in [5, 5.41) is 0. The standard InChI is InChI=1S/C10H21ClN2O2S/c1-9(2)13-5-3-10(8-13)7-12-16(14,15)6-4-11/h9-10,12H,3-8H2,1-2H3. The van der Waals surface area contributed by atoms with Gasteiger partial charge < -0.3 is 4.90 Å². The Morgan fingerprint density at radius 1 is 1.50 bits per heavy atom. The van der Waals surface area contributed by atoms with Crippen LogP contribution in [0.4, 0.5) is 0 Å². The summed E-state index contributed by atoms with van der Waals surface area (Å²) in [5.41, 5.74) is 0. The Morgan fingerprint density at radius 3 is 2.69 bits per heavy atom. The maximum Gasteiger partial charge on any atom is 0.212 e. The molecule has 1 saturated heterocycles. The number of halogens is 1. The number of hydrogen-bond acceptors (Lipinski definition) is 3. The first-order valence-corrected chi connectivity index (χ1v) is 7.90. The number of rotatable bonds is 6. The molecular formula is C10H21ClN2O2S. The normalized spacial score (nSPS) is 23.1. The maximum absolute atomic E-state index is 11.4. The maximum atomic E-state index is 11.4. The van der Waals surface area contributed by atoms with Crippen LogP contribution >= 0.6 is 11.6 Å². The van der Waals surface area contributed by atoms with E-state index in [4.69, 9.17) is 11.6 Å². The molecule has 0 aromatic rings. The van der Waals surface area contributed by atoms with Crippen LogP contribution in [0, 0.1) is 5.92 Å². The van der Waals surface area contributed by atoms with Gasteiger partial charge >= 0.3 is 0 Å². The van der Waals surface area contributed by atoms with E-state index in [1.165, 1.54) is 0 Å². The first-order valence-electron chi connectivity index (χ1n) is 5.72. The highest BCUT2D eigenvalue weighted by Gasteiger charge is 2.25. The monoisotopic (exact) mass is 268 g/mol. The summed E-state index contributed by atoms with van der Waals surface area (Å²) in [6, 6.07) is 0.546. The molecule has 0 spiro atoms. The van der Waals surface area contributed by atoms with E-state index in [0.29, 0.717) is 18.5 Å². The molecule has 1 fully saturated rings. The summed E-state index contributed by atoms with van der Waals surface area (Å²) in [6.07, 6.45) is 1.07. The summed E-state index contributed by atoms with van der Waals surface area (Å²) >= 11 is 5.42. The van der Waals surface area contributed by atoms with Crippen LogP contribution in [0.15, 0.2) is 0 Å². The first kappa shape index (κ1) is 14.2. The first-order chi connectivity index (χ1) is 7.44. The lowest BCUT2D eigenvalue weighted by atomic mass is 10.1. The van der Waals surface area contributed by atoms with Crippen molar-refractivity contribution in [3.8, 4) is 0 Å². The van der Waals surface area contributed by atoms with Gasteiger partial charge in [0.25, 0.3) is 0 Å². The molecule has 1 heterocycles. The Bertz CT molecular complexity index is 306. The third kappa shape index (κ3) is 4.57. The zero-order valence-corrected chi connectivity index (χ0v) is 11.5. The molecule has 0 aromatic heterocycles. The van der Waals surface area contributed by atoms with Gasteiger partial charge in [-0.25, -0.2) is 13.1 Å². The van der Waals surface area contributed by atoms with Crippen LogP contribution in [0.5, 0.6) is 0 Å². The number of likely N-dealkylation sites (tertiary alicyclic amines) is 1. The van der Waals surface area contributed by atoms with Crippen molar-refractivity contribution in [2.45, 2.75) is 26.3 Å². The fourth-order valence-corrected chi connectivity index (χ4v) is 3.36. The molecule has 4 nitrogen and oxygen atoms in total. The van der Waals surface area contributed by atoms with Crippen molar-refractivity contribution < 1.29 is 8.42 Å². The van der Waals surface area contributed by atoms with Crippen LogP contribution in [0.1, 0.15) is 20.3 Å². The molecule has 0 aromatic carbocycles. The molecule has 1 atom stereocenters. The topological polar surface area (TPSA) is 49.4 Å². The zero-order chi connectivity index (χ0) is 12.2. The molecule has 1 N–H and O–H groups in total. The minimum absolute atomic E-state index is 0.00910. The summed E-state index contributed by atoms with van der Waals surface area (Å²) in [5.74, 6) is 0.598. The molecule has 1 rings (SSSR count). The lowest BCUT2D eigenvalue weighted by Gasteiger charge is -2.20. The minimum Gasteiger partial charge on any atom is -0.301 e. The van der Waals surface area contributed by atoms with Gasteiger partial charge in [0.05, 0.1) is 5.75 Å². The second-order valence-electron chi connectivity index (χ2n) is 4.60. The quantitative estimate of drug-likeness (QED) is 0.728. The van der Waals surface area contributed by atoms with Crippen LogP contribution in [0.3, 0.4) is 0 Å². The summed E-state index contributed by atoms with van der Waals surface area (Å²) < 4.78 is 25.4. The van der Waals surface area contributed by atoms with Gasteiger partial charge in [-0.15, -0.1) is 11.6 Å². The molecular weight excluding hydrogens is 248 g/mol. The molecule has 0 amide bonds. The second-order valence-corrected chi connectivity index (χ2v) is 6.90. The molecule has 0 bridgehead atoms. The molecule has 6 heteroatoms. The van der Waals surface area contributed by atoms with E-state index in [1.807, 2.05) is 0 Å².